The van der Waals surface area contributed by atoms with Gasteiger partial charge in [0.1, 0.15) is 0 Å². The summed E-state index contributed by atoms with van der Waals surface area (Å²) in [5, 5.41) is 7.37. The maximum atomic E-state index is 13.3. The lowest BCUT2D eigenvalue weighted by molar-refractivity contribution is 0.0920. The van der Waals surface area contributed by atoms with E-state index in [0.717, 1.165) is 18.8 Å². The van der Waals surface area contributed by atoms with E-state index in [1.807, 2.05) is 29.1 Å². The van der Waals surface area contributed by atoms with Gasteiger partial charge in [-0.25, -0.2) is 8.78 Å². The largest absolute Gasteiger partial charge is 0.383 e. The first-order valence-electron chi connectivity index (χ1n) is 6.71. The van der Waals surface area contributed by atoms with E-state index in [0.29, 0.717) is 5.56 Å². The Morgan fingerprint density at radius 2 is 2.00 bits per heavy atom. The number of aromatic nitrogens is 2. The molecule has 1 aliphatic rings. The van der Waals surface area contributed by atoms with E-state index < -0.39 is 11.3 Å². The summed E-state index contributed by atoms with van der Waals surface area (Å²) in [6.07, 6.45) is 3.60. The topological polar surface area (TPSA) is 29.9 Å². The fourth-order valence-corrected chi connectivity index (χ4v) is 2.42. The molecule has 3 nitrogen and oxygen atoms in total. The maximum Gasteiger partial charge on any atom is 0.258 e. The van der Waals surface area contributed by atoms with Gasteiger partial charge >= 0.3 is 0 Å². The Hall–Kier alpha value is -1.91. The molecule has 1 heterocycles. The van der Waals surface area contributed by atoms with Gasteiger partial charge < -0.3 is 5.32 Å². The zero-order valence-corrected chi connectivity index (χ0v) is 11.3. The van der Waals surface area contributed by atoms with E-state index in [9.17, 15) is 8.78 Å². The van der Waals surface area contributed by atoms with Crippen LogP contribution in [0.5, 0.6) is 0 Å². The number of halogens is 2. The van der Waals surface area contributed by atoms with Crippen molar-refractivity contribution in [2.75, 3.05) is 11.9 Å². The standard InChI is InChI=1S/C15H17F2N3/c1-14(11-15(14,16)17)12-3-5-13(6-4-12)18-8-10-20-9-2-7-19-20/h2-7,9,18H,8,10-11H2,1H3. The fraction of sp³-hybridized carbons (Fsp3) is 0.400. The van der Waals surface area contributed by atoms with Crippen molar-refractivity contribution in [2.24, 2.45) is 0 Å². The van der Waals surface area contributed by atoms with Crippen LogP contribution in [0.3, 0.4) is 0 Å². The molecule has 1 aromatic carbocycles. The Labute approximate surface area is 116 Å². The first kappa shape index (κ1) is 13.1. The average molecular weight is 277 g/mol. The number of nitrogens with one attached hydrogen (secondary N) is 1. The summed E-state index contributed by atoms with van der Waals surface area (Å²) in [7, 11) is 0. The number of anilines is 1. The zero-order valence-electron chi connectivity index (χ0n) is 11.3. The highest BCUT2D eigenvalue weighted by Crippen LogP contribution is 2.61. The van der Waals surface area contributed by atoms with Crippen LogP contribution in [0.4, 0.5) is 14.5 Å². The average Bonchev–Trinajstić information content (AvgIpc) is 2.82. The number of benzene rings is 1. The highest BCUT2D eigenvalue weighted by atomic mass is 19.3. The molecule has 5 heteroatoms. The summed E-state index contributed by atoms with van der Waals surface area (Å²) in [6.45, 7) is 3.13. The van der Waals surface area contributed by atoms with Crippen molar-refractivity contribution in [3.63, 3.8) is 0 Å². The molecule has 2 aromatic rings. The molecule has 0 aliphatic heterocycles. The number of nitrogens with zero attached hydrogens (tertiary/aromatic N) is 2. The molecule has 1 atom stereocenters. The molecule has 0 amide bonds. The van der Waals surface area contributed by atoms with Crippen molar-refractivity contribution in [2.45, 2.75) is 31.2 Å². The predicted molar refractivity (Wildman–Crippen MR) is 74.1 cm³/mol. The summed E-state index contributed by atoms with van der Waals surface area (Å²) in [4.78, 5) is 0. The lowest BCUT2D eigenvalue weighted by Gasteiger charge is -2.12. The highest BCUT2D eigenvalue weighted by molar-refractivity contribution is 5.48. The molecule has 1 aromatic heterocycles. The minimum Gasteiger partial charge on any atom is -0.383 e. The monoisotopic (exact) mass is 277 g/mol. The molecule has 1 unspecified atom stereocenters. The Bertz CT molecular complexity index is 578. The normalized spacial score (nSPS) is 23.6. The molecule has 1 saturated carbocycles. The zero-order chi connectivity index (χ0) is 14.2. The third-order valence-electron chi connectivity index (χ3n) is 4.01. The number of alkyl halides is 2. The summed E-state index contributed by atoms with van der Waals surface area (Å²) >= 11 is 0. The van der Waals surface area contributed by atoms with Gasteiger partial charge in [0.15, 0.2) is 0 Å². The molecule has 106 valence electrons. The van der Waals surface area contributed by atoms with E-state index >= 15 is 0 Å². The smallest absolute Gasteiger partial charge is 0.258 e. The lowest BCUT2D eigenvalue weighted by Crippen LogP contribution is -2.12. The SMILES string of the molecule is CC1(c2ccc(NCCn3cccn3)cc2)CC1(F)F. The highest BCUT2D eigenvalue weighted by Gasteiger charge is 2.68. The van der Waals surface area contributed by atoms with Gasteiger partial charge in [0, 0.05) is 31.0 Å². The molecule has 0 radical (unpaired) electrons. The van der Waals surface area contributed by atoms with Crippen molar-refractivity contribution in [3.05, 3.63) is 48.3 Å². The van der Waals surface area contributed by atoms with Crippen LogP contribution in [0.25, 0.3) is 0 Å². The van der Waals surface area contributed by atoms with Gasteiger partial charge in [0.2, 0.25) is 0 Å². The van der Waals surface area contributed by atoms with Crippen LogP contribution in [-0.4, -0.2) is 22.2 Å². The summed E-state index contributed by atoms with van der Waals surface area (Å²) in [5.74, 6) is -2.55. The second-order valence-corrected chi connectivity index (χ2v) is 5.49. The molecule has 1 N–H and O–H groups in total. The van der Waals surface area contributed by atoms with Crippen molar-refractivity contribution >= 4 is 5.69 Å². The Morgan fingerprint density at radius 3 is 2.55 bits per heavy atom. The number of rotatable bonds is 5. The number of hydrogen-bond donors (Lipinski definition) is 1. The first-order valence-corrected chi connectivity index (χ1v) is 6.71. The Morgan fingerprint density at radius 1 is 1.30 bits per heavy atom. The van der Waals surface area contributed by atoms with Crippen LogP contribution in [-0.2, 0) is 12.0 Å². The molecular weight excluding hydrogens is 260 g/mol. The second-order valence-electron chi connectivity index (χ2n) is 5.49. The van der Waals surface area contributed by atoms with Crippen LogP contribution in [0.1, 0.15) is 18.9 Å². The summed E-state index contributed by atoms with van der Waals surface area (Å²) in [6, 6.07) is 9.18. The van der Waals surface area contributed by atoms with E-state index in [1.165, 1.54) is 0 Å². The van der Waals surface area contributed by atoms with Crippen LogP contribution in [0.15, 0.2) is 42.7 Å². The van der Waals surface area contributed by atoms with Gasteiger partial charge in [-0.05, 0) is 30.7 Å². The van der Waals surface area contributed by atoms with Crippen molar-refractivity contribution in [3.8, 4) is 0 Å². The van der Waals surface area contributed by atoms with E-state index in [-0.39, 0.29) is 6.42 Å². The minimum atomic E-state index is -2.55. The van der Waals surface area contributed by atoms with Gasteiger partial charge in [-0.2, -0.15) is 5.10 Å². The van der Waals surface area contributed by atoms with Gasteiger partial charge in [0.05, 0.1) is 12.0 Å². The Balaban J connectivity index is 1.57. The molecule has 0 spiro atoms. The molecule has 1 aliphatic carbocycles. The summed E-state index contributed by atoms with van der Waals surface area (Å²) < 4.78 is 28.4. The van der Waals surface area contributed by atoms with E-state index in [2.05, 4.69) is 10.4 Å². The molecule has 1 fully saturated rings. The van der Waals surface area contributed by atoms with E-state index in [1.54, 1.807) is 25.3 Å². The van der Waals surface area contributed by atoms with Crippen LogP contribution < -0.4 is 5.32 Å². The fourth-order valence-electron chi connectivity index (χ4n) is 2.42. The van der Waals surface area contributed by atoms with Gasteiger partial charge in [-0.15, -0.1) is 0 Å². The molecule has 0 saturated heterocycles. The first-order chi connectivity index (χ1) is 9.51. The molecule has 0 bridgehead atoms. The minimum absolute atomic E-state index is 0.0495. The molecule has 3 rings (SSSR count). The van der Waals surface area contributed by atoms with Crippen molar-refractivity contribution < 1.29 is 8.78 Å². The van der Waals surface area contributed by atoms with Crippen molar-refractivity contribution in [1.29, 1.82) is 0 Å². The second kappa shape index (κ2) is 4.58. The van der Waals surface area contributed by atoms with E-state index in [4.69, 9.17) is 0 Å². The van der Waals surface area contributed by atoms with Gasteiger partial charge in [0.25, 0.3) is 5.92 Å². The van der Waals surface area contributed by atoms with Crippen LogP contribution in [0, 0.1) is 0 Å². The summed E-state index contributed by atoms with van der Waals surface area (Å²) in [5.41, 5.74) is 0.675. The Kier molecular flexibility index (Phi) is 3.00. The molecular formula is C15H17F2N3. The predicted octanol–water partition coefficient (Wildman–Crippen LogP) is 3.29. The lowest BCUT2D eigenvalue weighted by atomic mass is 9.97. The van der Waals surface area contributed by atoms with Crippen LogP contribution >= 0.6 is 0 Å². The van der Waals surface area contributed by atoms with Gasteiger partial charge in [-0.1, -0.05) is 12.1 Å². The third-order valence-corrected chi connectivity index (χ3v) is 4.01. The third kappa shape index (κ3) is 2.28. The van der Waals surface area contributed by atoms with Crippen LogP contribution in [0.2, 0.25) is 0 Å². The van der Waals surface area contributed by atoms with Crippen molar-refractivity contribution in [1.82, 2.24) is 9.78 Å². The maximum absolute atomic E-state index is 13.3. The molecule has 20 heavy (non-hydrogen) atoms. The number of hydrogen-bond acceptors (Lipinski definition) is 2. The van der Waals surface area contributed by atoms with Gasteiger partial charge in [-0.3, -0.25) is 4.68 Å². The quantitative estimate of drug-likeness (QED) is 0.909.